The van der Waals surface area contributed by atoms with E-state index in [9.17, 15) is 4.79 Å². The molecule has 3 heterocycles. The summed E-state index contributed by atoms with van der Waals surface area (Å²) in [7, 11) is 0. The highest BCUT2D eigenvalue weighted by molar-refractivity contribution is 7.12. The van der Waals surface area contributed by atoms with Crippen LogP contribution in [0.15, 0.2) is 42.3 Å². The number of hydrogen-bond donors (Lipinski definition) is 1. The maximum Gasteiger partial charge on any atom is 0.265 e. The summed E-state index contributed by atoms with van der Waals surface area (Å²) in [6.45, 7) is 1.42. The lowest BCUT2D eigenvalue weighted by Gasteiger charge is -2.15. The van der Waals surface area contributed by atoms with Crippen LogP contribution < -0.4 is 14.8 Å². The van der Waals surface area contributed by atoms with Crippen LogP contribution in [0, 0.1) is 0 Å². The largest absolute Gasteiger partial charge is 0.485 e. The first kappa shape index (κ1) is 14.7. The molecule has 3 aromatic rings. The van der Waals surface area contributed by atoms with Crippen molar-refractivity contribution in [3.8, 4) is 17.2 Å². The van der Waals surface area contributed by atoms with Crippen molar-refractivity contribution in [3.05, 3.63) is 52.7 Å². The van der Waals surface area contributed by atoms with Gasteiger partial charge in [-0.25, -0.2) is 9.67 Å². The van der Waals surface area contributed by atoms with E-state index in [1.54, 1.807) is 16.4 Å². The Hall–Kier alpha value is -2.87. The molecule has 0 atom stereocenters. The van der Waals surface area contributed by atoms with Crippen molar-refractivity contribution >= 4 is 17.2 Å². The quantitative estimate of drug-likeness (QED) is 0.785. The van der Waals surface area contributed by atoms with Crippen LogP contribution in [0.2, 0.25) is 0 Å². The molecule has 2 aromatic heterocycles. The van der Waals surface area contributed by atoms with Crippen molar-refractivity contribution in [2.45, 2.75) is 6.54 Å². The van der Waals surface area contributed by atoms with Crippen LogP contribution in [0.5, 0.6) is 11.5 Å². The second-order valence-corrected chi connectivity index (χ2v) is 6.02. The van der Waals surface area contributed by atoms with E-state index in [-0.39, 0.29) is 5.91 Å². The average molecular weight is 342 g/mol. The van der Waals surface area contributed by atoms with Gasteiger partial charge in [-0.3, -0.25) is 4.79 Å². The second kappa shape index (κ2) is 6.32. The summed E-state index contributed by atoms with van der Waals surface area (Å²) in [5, 5.41) is 8.79. The van der Waals surface area contributed by atoms with Gasteiger partial charge in [-0.05, 0) is 17.7 Å². The Morgan fingerprint density at radius 1 is 1.25 bits per heavy atom. The topological polar surface area (TPSA) is 78.3 Å². The molecule has 1 aromatic carbocycles. The summed E-state index contributed by atoms with van der Waals surface area (Å²) in [5.74, 6) is 1.03. The van der Waals surface area contributed by atoms with E-state index in [2.05, 4.69) is 15.4 Å². The third kappa shape index (κ3) is 2.83. The maximum absolute atomic E-state index is 12.3. The second-order valence-electron chi connectivity index (χ2n) is 5.14. The van der Waals surface area contributed by atoms with Gasteiger partial charge in [0.05, 0.1) is 5.69 Å². The Bertz CT molecular complexity index is 843. The van der Waals surface area contributed by atoms with Gasteiger partial charge in [-0.15, -0.1) is 11.3 Å². The highest BCUT2D eigenvalue weighted by Crippen LogP contribution is 2.39. The molecule has 7 nitrogen and oxygen atoms in total. The molecule has 122 valence electrons. The number of rotatable bonds is 4. The van der Waals surface area contributed by atoms with Crippen molar-refractivity contribution < 1.29 is 14.3 Å². The summed E-state index contributed by atoms with van der Waals surface area (Å²) >= 11 is 1.33. The minimum Gasteiger partial charge on any atom is -0.485 e. The van der Waals surface area contributed by atoms with Crippen molar-refractivity contribution in [2.75, 3.05) is 13.2 Å². The SMILES string of the molecule is O=C(NCc1ccc(-n2cncn2)cc1)c1scc2c1OCCO2. The predicted molar refractivity (Wildman–Crippen MR) is 87.8 cm³/mol. The van der Waals surface area contributed by atoms with E-state index in [0.717, 1.165) is 11.3 Å². The number of carbonyl (C=O) groups is 1. The molecule has 24 heavy (non-hydrogen) atoms. The average Bonchev–Trinajstić information content (AvgIpc) is 3.30. The minimum absolute atomic E-state index is 0.160. The van der Waals surface area contributed by atoms with Gasteiger partial charge < -0.3 is 14.8 Å². The smallest absolute Gasteiger partial charge is 0.265 e. The van der Waals surface area contributed by atoms with Gasteiger partial charge in [-0.1, -0.05) is 12.1 Å². The van der Waals surface area contributed by atoms with Crippen molar-refractivity contribution in [1.82, 2.24) is 20.1 Å². The molecule has 0 saturated heterocycles. The van der Waals surface area contributed by atoms with Gasteiger partial charge in [0.15, 0.2) is 11.5 Å². The van der Waals surface area contributed by atoms with Gasteiger partial charge in [0.25, 0.3) is 5.91 Å². The molecule has 1 aliphatic rings. The highest BCUT2D eigenvalue weighted by Gasteiger charge is 2.23. The molecule has 4 rings (SSSR count). The molecule has 1 amide bonds. The molecule has 1 N–H and O–H groups in total. The van der Waals surface area contributed by atoms with Crippen LogP contribution in [0.4, 0.5) is 0 Å². The first-order valence-electron chi connectivity index (χ1n) is 7.40. The fourth-order valence-electron chi connectivity index (χ4n) is 2.39. The Kier molecular flexibility index (Phi) is 3.87. The van der Waals surface area contributed by atoms with Gasteiger partial charge in [0.1, 0.15) is 30.7 Å². The number of hydrogen-bond acceptors (Lipinski definition) is 6. The zero-order chi connectivity index (χ0) is 16.4. The molecular formula is C16H14N4O3S. The summed E-state index contributed by atoms with van der Waals surface area (Å²) in [4.78, 5) is 16.8. The van der Waals surface area contributed by atoms with E-state index in [1.807, 2.05) is 24.3 Å². The molecular weight excluding hydrogens is 328 g/mol. The van der Waals surface area contributed by atoms with Crippen LogP contribution >= 0.6 is 11.3 Å². The molecule has 1 aliphatic heterocycles. The van der Waals surface area contributed by atoms with Crippen LogP contribution in [0.3, 0.4) is 0 Å². The lowest BCUT2D eigenvalue weighted by atomic mass is 10.2. The molecule has 0 fully saturated rings. The molecule has 0 aliphatic carbocycles. The third-order valence-electron chi connectivity index (χ3n) is 3.58. The lowest BCUT2D eigenvalue weighted by Crippen LogP contribution is -2.23. The number of ether oxygens (including phenoxy) is 2. The molecule has 0 radical (unpaired) electrons. The number of amides is 1. The van der Waals surface area contributed by atoms with Crippen molar-refractivity contribution in [2.24, 2.45) is 0 Å². The summed E-state index contributed by atoms with van der Waals surface area (Å²) < 4.78 is 12.7. The lowest BCUT2D eigenvalue weighted by molar-refractivity contribution is 0.0946. The van der Waals surface area contributed by atoms with E-state index in [1.165, 1.54) is 17.7 Å². The summed E-state index contributed by atoms with van der Waals surface area (Å²) in [6, 6.07) is 7.75. The number of fused-ring (bicyclic) bond motifs is 1. The standard InChI is InChI=1S/C16H14N4O3S/c21-16(15-14-13(8-24-15)22-5-6-23-14)18-7-11-1-3-12(4-2-11)20-10-17-9-19-20/h1-4,8-10H,5-7H2,(H,18,21). The Balaban J connectivity index is 1.41. The minimum atomic E-state index is -0.160. The first-order valence-corrected chi connectivity index (χ1v) is 8.28. The predicted octanol–water partition coefficient (Wildman–Crippen LogP) is 2.03. The van der Waals surface area contributed by atoms with E-state index in [4.69, 9.17) is 9.47 Å². The first-order chi connectivity index (χ1) is 11.8. The highest BCUT2D eigenvalue weighted by atomic mass is 32.1. The zero-order valence-corrected chi connectivity index (χ0v) is 13.5. The third-order valence-corrected chi connectivity index (χ3v) is 4.52. The van der Waals surface area contributed by atoms with Crippen LogP contribution in [-0.4, -0.2) is 33.9 Å². The zero-order valence-electron chi connectivity index (χ0n) is 12.6. The van der Waals surface area contributed by atoms with Gasteiger partial charge in [0.2, 0.25) is 0 Å². The Morgan fingerprint density at radius 3 is 2.88 bits per heavy atom. The monoisotopic (exact) mass is 342 g/mol. The number of nitrogens with one attached hydrogen (secondary N) is 1. The normalized spacial score (nSPS) is 12.8. The molecule has 0 bridgehead atoms. The Labute approximate surface area is 141 Å². The van der Waals surface area contributed by atoms with Gasteiger partial charge in [0, 0.05) is 11.9 Å². The summed E-state index contributed by atoms with van der Waals surface area (Å²) in [5.41, 5.74) is 1.91. The summed E-state index contributed by atoms with van der Waals surface area (Å²) in [6.07, 6.45) is 3.13. The number of thiophene rings is 1. The number of carbonyl (C=O) groups excluding carboxylic acids is 1. The maximum atomic E-state index is 12.3. The van der Waals surface area contributed by atoms with Crippen molar-refractivity contribution in [1.29, 1.82) is 0 Å². The van der Waals surface area contributed by atoms with E-state index >= 15 is 0 Å². The number of nitrogens with zero attached hydrogens (tertiary/aromatic N) is 3. The van der Waals surface area contributed by atoms with E-state index in [0.29, 0.717) is 36.1 Å². The van der Waals surface area contributed by atoms with Crippen molar-refractivity contribution in [3.63, 3.8) is 0 Å². The molecule has 8 heteroatoms. The van der Waals surface area contributed by atoms with Crippen LogP contribution in [0.25, 0.3) is 5.69 Å². The Morgan fingerprint density at radius 2 is 2.08 bits per heavy atom. The van der Waals surface area contributed by atoms with Crippen LogP contribution in [-0.2, 0) is 6.54 Å². The van der Waals surface area contributed by atoms with Gasteiger partial charge in [-0.2, -0.15) is 5.10 Å². The number of benzene rings is 1. The molecule has 0 spiro atoms. The molecule has 0 unspecified atom stereocenters. The fraction of sp³-hybridized carbons (Fsp3) is 0.188. The van der Waals surface area contributed by atoms with Gasteiger partial charge >= 0.3 is 0 Å². The number of aromatic nitrogens is 3. The fourth-order valence-corrected chi connectivity index (χ4v) is 3.24. The van der Waals surface area contributed by atoms with E-state index < -0.39 is 0 Å². The molecule has 0 saturated carbocycles. The van der Waals surface area contributed by atoms with Crippen LogP contribution in [0.1, 0.15) is 15.2 Å².